The van der Waals surface area contributed by atoms with E-state index in [-0.39, 0.29) is 27.5 Å². The summed E-state index contributed by atoms with van der Waals surface area (Å²) in [4.78, 5) is 15.8. The maximum absolute atomic E-state index is 13.0. The second-order valence-electron chi connectivity index (χ2n) is 4.56. The van der Waals surface area contributed by atoms with Crippen LogP contribution in [0.1, 0.15) is 21.5 Å². The molecule has 110 valence electrons. The second kappa shape index (κ2) is 6.87. The van der Waals surface area contributed by atoms with Gasteiger partial charge in [0.05, 0.1) is 10.6 Å². The number of pyridine rings is 1. The Bertz CT molecular complexity index is 677. The number of aromatic nitrogens is 1. The van der Waals surface area contributed by atoms with Crippen molar-refractivity contribution < 1.29 is 9.18 Å². The van der Waals surface area contributed by atoms with Crippen molar-refractivity contribution in [1.29, 1.82) is 0 Å². The fraction of sp³-hybridized carbons (Fsp3) is 0.200. The van der Waals surface area contributed by atoms with Crippen LogP contribution in [-0.4, -0.2) is 17.4 Å². The van der Waals surface area contributed by atoms with Crippen LogP contribution in [0.2, 0.25) is 10.2 Å². The molecule has 0 unspecified atom stereocenters. The lowest BCUT2D eigenvalue weighted by molar-refractivity contribution is 0.0954. The van der Waals surface area contributed by atoms with Crippen LogP contribution in [0.3, 0.4) is 0 Å². The first-order valence-electron chi connectivity index (χ1n) is 6.31. The van der Waals surface area contributed by atoms with Crippen molar-refractivity contribution in [2.24, 2.45) is 0 Å². The van der Waals surface area contributed by atoms with E-state index in [2.05, 4.69) is 10.3 Å². The van der Waals surface area contributed by atoms with Gasteiger partial charge in [-0.3, -0.25) is 4.79 Å². The summed E-state index contributed by atoms with van der Waals surface area (Å²) in [6, 6.07) is 6.01. The zero-order chi connectivity index (χ0) is 15.4. The zero-order valence-corrected chi connectivity index (χ0v) is 12.8. The summed E-state index contributed by atoms with van der Waals surface area (Å²) in [6.07, 6.45) is 1.94. The van der Waals surface area contributed by atoms with Crippen LogP contribution in [0.5, 0.6) is 0 Å². The number of rotatable bonds is 4. The quantitative estimate of drug-likeness (QED) is 0.868. The maximum atomic E-state index is 13.0. The molecule has 0 aliphatic heterocycles. The van der Waals surface area contributed by atoms with Crippen LogP contribution in [0.4, 0.5) is 4.39 Å². The van der Waals surface area contributed by atoms with Gasteiger partial charge < -0.3 is 5.32 Å². The molecule has 0 aliphatic rings. The minimum absolute atomic E-state index is 0.207. The molecule has 0 fully saturated rings. The topological polar surface area (TPSA) is 42.0 Å². The number of carbonyl (C=O) groups excluding carboxylic acids is 1. The smallest absolute Gasteiger partial charge is 0.252 e. The van der Waals surface area contributed by atoms with Crippen LogP contribution >= 0.6 is 23.2 Å². The average Bonchev–Trinajstić information content (AvgIpc) is 2.43. The molecule has 3 nitrogen and oxygen atoms in total. The Morgan fingerprint density at radius 3 is 2.81 bits per heavy atom. The normalized spacial score (nSPS) is 10.5. The highest BCUT2D eigenvalue weighted by atomic mass is 35.5. The van der Waals surface area contributed by atoms with E-state index < -0.39 is 0 Å². The van der Waals surface area contributed by atoms with Gasteiger partial charge in [-0.15, -0.1) is 0 Å². The van der Waals surface area contributed by atoms with Crippen molar-refractivity contribution in [3.05, 3.63) is 63.1 Å². The molecular weight excluding hydrogens is 314 g/mol. The van der Waals surface area contributed by atoms with Crippen LogP contribution in [0.15, 0.2) is 30.5 Å². The van der Waals surface area contributed by atoms with Crippen molar-refractivity contribution in [3.63, 3.8) is 0 Å². The summed E-state index contributed by atoms with van der Waals surface area (Å²) >= 11 is 11.6. The van der Waals surface area contributed by atoms with Gasteiger partial charge in [0.1, 0.15) is 11.0 Å². The SMILES string of the molecule is Cc1cc(F)ccc1CCNC(=O)c1cc(Cl)ncc1Cl. The minimum atomic E-state index is -0.316. The third-order valence-corrected chi connectivity index (χ3v) is 3.56. The monoisotopic (exact) mass is 326 g/mol. The predicted molar refractivity (Wildman–Crippen MR) is 81.4 cm³/mol. The van der Waals surface area contributed by atoms with E-state index in [4.69, 9.17) is 23.2 Å². The van der Waals surface area contributed by atoms with Gasteiger partial charge in [0.15, 0.2) is 0 Å². The minimum Gasteiger partial charge on any atom is -0.352 e. The van der Waals surface area contributed by atoms with E-state index >= 15 is 0 Å². The van der Waals surface area contributed by atoms with E-state index in [9.17, 15) is 9.18 Å². The molecule has 1 amide bonds. The molecule has 21 heavy (non-hydrogen) atoms. The molecule has 1 aromatic carbocycles. The third kappa shape index (κ3) is 4.16. The number of aryl methyl sites for hydroxylation is 1. The Labute approximate surface area is 132 Å². The number of hydrogen-bond acceptors (Lipinski definition) is 2. The number of halogens is 3. The summed E-state index contributed by atoms with van der Waals surface area (Å²) in [5.41, 5.74) is 2.12. The maximum Gasteiger partial charge on any atom is 0.252 e. The number of amides is 1. The number of nitrogens with zero attached hydrogens (tertiary/aromatic N) is 1. The van der Waals surface area contributed by atoms with Crippen molar-refractivity contribution >= 4 is 29.1 Å². The lowest BCUT2D eigenvalue weighted by Gasteiger charge is -2.09. The first kappa shape index (κ1) is 15.7. The molecule has 0 saturated carbocycles. The molecule has 0 saturated heterocycles. The first-order valence-corrected chi connectivity index (χ1v) is 7.07. The average molecular weight is 327 g/mol. The van der Waals surface area contributed by atoms with Gasteiger partial charge in [-0.2, -0.15) is 0 Å². The molecule has 2 rings (SSSR count). The molecular formula is C15H13Cl2FN2O. The van der Waals surface area contributed by atoms with Gasteiger partial charge in [-0.1, -0.05) is 29.3 Å². The molecule has 0 aliphatic carbocycles. The van der Waals surface area contributed by atoms with Crippen molar-refractivity contribution in [3.8, 4) is 0 Å². The first-order chi connectivity index (χ1) is 9.97. The van der Waals surface area contributed by atoms with Crippen molar-refractivity contribution in [1.82, 2.24) is 10.3 Å². The molecule has 0 spiro atoms. The largest absolute Gasteiger partial charge is 0.352 e. The molecule has 1 aromatic heterocycles. The Balaban J connectivity index is 1.97. The molecule has 0 atom stereocenters. The summed E-state index contributed by atoms with van der Waals surface area (Å²) in [5.74, 6) is -0.581. The van der Waals surface area contributed by atoms with E-state index in [0.29, 0.717) is 13.0 Å². The van der Waals surface area contributed by atoms with Crippen LogP contribution in [0, 0.1) is 12.7 Å². The van der Waals surface area contributed by atoms with Gasteiger partial charge >= 0.3 is 0 Å². The number of benzene rings is 1. The van der Waals surface area contributed by atoms with Crippen molar-refractivity contribution in [2.45, 2.75) is 13.3 Å². The van der Waals surface area contributed by atoms with Gasteiger partial charge in [-0.05, 0) is 42.7 Å². The van der Waals surface area contributed by atoms with Crippen LogP contribution in [0.25, 0.3) is 0 Å². The number of carbonyl (C=O) groups is 1. The van der Waals surface area contributed by atoms with Gasteiger partial charge in [0.25, 0.3) is 5.91 Å². The molecule has 0 radical (unpaired) electrons. The third-order valence-electron chi connectivity index (χ3n) is 3.05. The van der Waals surface area contributed by atoms with Crippen LogP contribution in [-0.2, 0) is 6.42 Å². The Hall–Kier alpha value is -1.65. The molecule has 6 heteroatoms. The number of hydrogen-bond donors (Lipinski definition) is 1. The zero-order valence-electron chi connectivity index (χ0n) is 11.3. The Kier molecular flexibility index (Phi) is 5.15. The van der Waals surface area contributed by atoms with Crippen molar-refractivity contribution in [2.75, 3.05) is 6.54 Å². The van der Waals surface area contributed by atoms with Gasteiger partial charge in [0, 0.05) is 12.7 Å². The highest BCUT2D eigenvalue weighted by molar-refractivity contribution is 6.35. The lowest BCUT2D eigenvalue weighted by Crippen LogP contribution is -2.26. The summed E-state index contributed by atoms with van der Waals surface area (Å²) in [6.45, 7) is 2.25. The van der Waals surface area contributed by atoms with E-state index in [0.717, 1.165) is 11.1 Å². The lowest BCUT2D eigenvalue weighted by atomic mass is 10.1. The molecule has 1 N–H and O–H groups in total. The molecule has 2 aromatic rings. The van der Waals surface area contributed by atoms with Crippen LogP contribution < -0.4 is 5.32 Å². The van der Waals surface area contributed by atoms with E-state index in [1.807, 2.05) is 6.92 Å². The summed E-state index contributed by atoms with van der Waals surface area (Å²) in [5, 5.41) is 3.21. The second-order valence-corrected chi connectivity index (χ2v) is 5.36. The Morgan fingerprint density at radius 1 is 1.33 bits per heavy atom. The summed E-state index contributed by atoms with van der Waals surface area (Å²) in [7, 11) is 0. The standard InChI is InChI=1S/C15H13Cl2FN2O/c1-9-6-11(18)3-2-10(9)4-5-19-15(21)12-7-14(17)20-8-13(12)16/h2-3,6-8H,4-5H2,1H3,(H,19,21). The highest BCUT2D eigenvalue weighted by Crippen LogP contribution is 2.18. The fourth-order valence-electron chi connectivity index (χ4n) is 1.93. The highest BCUT2D eigenvalue weighted by Gasteiger charge is 2.11. The molecule has 1 heterocycles. The van der Waals surface area contributed by atoms with Gasteiger partial charge in [0.2, 0.25) is 0 Å². The predicted octanol–water partition coefficient (Wildman–Crippen LogP) is 3.81. The number of nitrogens with one attached hydrogen (secondary N) is 1. The van der Waals surface area contributed by atoms with E-state index in [1.165, 1.54) is 24.4 Å². The van der Waals surface area contributed by atoms with Gasteiger partial charge in [-0.25, -0.2) is 9.37 Å². The summed E-state index contributed by atoms with van der Waals surface area (Å²) < 4.78 is 13.0. The fourth-order valence-corrected chi connectivity index (χ4v) is 2.28. The Morgan fingerprint density at radius 2 is 2.10 bits per heavy atom. The van der Waals surface area contributed by atoms with E-state index in [1.54, 1.807) is 6.07 Å². The molecule has 0 bridgehead atoms.